The van der Waals surface area contributed by atoms with Gasteiger partial charge in [0.05, 0.1) is 11.9 Å². The van der Waals surface area contributed by atoms with Gasteiger partial charge in [0.25, 0.3) is 0 Å². The van der Waals surface area contributed by atoms with E-state index in [1.54, 1.807) is 6.07 Å². The fourth-order valence-electron chi connectivity index (χ4n) is 3.56. The number of halogens is 1. The van der Waals surface area contributed by atoms with E-state index in [9.17, 15) is 14.3 Å². The Balaban J connectivity index is 2.09. The van der Waals surface area contributed by atoms with E-state index in [1.165, 1.54) is 37.8 Å². The average molecular weight is 330 g/mol. The lowest BCUT2D eigenvalue weighted by atomic mass is 10.0. The number of carboxylic acids is 1. The van der Waals surface area contributed by atoms with E-state index in [1.807, 2.05) is 6.92 Å². The van der Waals surface area contributed by atoms with Crippen LogP contribution in [0.2, 0.25) is 0 Å². The largest absolute Gasteiger partial charge is 0.481 e. The second-order valence-corrected chi connectivity index (χ2v) is 6.62. The van der Waals surface area contributed by atoms with Crippen LogP contribution in [0.15, 0.2) is 18.2 Å². The molecule has 4 nitrogen and oxygen atoms in total. The number of fused-ring (bicyclic) bond motifs is 1. The zero-order valence-corrected chi connectivity index (χ0v) is 13.9. The maximum absolute atomic E-state index is 13.8. The highest BCUT2D eigenvalue weighted by Gasteiger charge is 2.19. The fourth-order valence-corrected chi connectivity index (χ4v) is 3.56. The molecular formula is C19H23FN2O2. The van der Waals surface area contributed by atoms with Gasteiger partial charge in [0, 0.05) is 28.4 Å². The van der Waals surface area contributed by atoms with Gasteiger partial charge in [-0.3, -0.25) is 9.78 Å². The smallest absolute Gasteiger partial charge is 0.307 e. The predicted octanol–water partition coefficient (Wildman–Crippen LogP) is 4.44. The molecule has 0 aliphatic heterocycles. The summed E-state index contributed by atoms with van der Waals surface area (Å²) < 4.78 is 13.8. The van der Waals surface area contributed by atoms with Crippen LogP contribution in [0, 0.1) is 12.7 Å². The van der Waals surface area contributed by atoms with Crippen molar-refractivity contribution < 1.29 is 14.3 Å². The van der Waals surface area contributed by atoms with Gasteiger partial charge in [0.1, 0.15) is 5.82 Å². The molecule has 0 amide bonds. The van der Waals surface area contributed by atoms with Crippen LogP contribution < -0.4 is 5.32 Å². The lowest BCUT2D eigenvalue weighted by Gasteiger charge is -2.22. The Hall–Kier alpha value is -2.17. The van der Waals surface area contributed by atoms with Crippen molar-refractivity contribution in [2.75, 3.05) is 5.32 Å². The number of aliphatic carboxylic acids is 1. The van der Waals surface area contributed by atoms with E-state index < -0.39 is 5.97 Å². The van der Waals surface area contributed by atoms with Gasteiger partial charge < -0.3 is 10.4 Å². The Morgan fingerprint density at radius 1 is 1.29 bits per heavy atom. The van der Waals surface area contributed by atoms with E-state index in [0.29, 0.717) is 28.2 Å². The van der Waals surface area contributed by atoms with Gasteiger partial charge in [-0.1, -0.05) is 25.7 Å². The Morgan fingerprint density at radius 3 is 2.67 bits per heavy atom. The van der Waals surface area contributed by atoms with Gasteiger partial charge in [-0.15, -0.1) is 0 Å². The van der Waals surface area contributed by atoms with Crippen LogP contribution in [0.4, 0.5) is 10.1 Å². The highest BCUT2D eigenvalue weighted by atomic mass is 19.1. The number of aryl methyl sites for hydroxylation is 1. The van der Waals surface area contributed by atoms with Crippen LogP contribution in [0.5, 0.6) is 0 Å². The Bertz CT molecular complexity index is 753. The van der Waals surface area contributed by atoms with E-state index >= 15 is 0 Å². The van der Waals surface area contributed by atoms with Crippen molar-refractivity contribution in [3.8, 4) is 0 Å². The molecule has 3 rings (SSSR count). The van der Waals surface area contributed by atoms with Crippen LogP contribution in [0.3, 0.4) is 0 Å². The Morgan fingerprint density at radius 2 is 2.00 bits per heavy atom. The minimum atomic E-state index is -0.903. The van der Waals surface area contributed by atoms with E-state index in [-0.39, 0.29) is 12.2 Å². The first kappa shape index (κ1) is 16.7. The number of nitrogens with zero attached hydrogens (tertiary/aromatic N) is 1. The molecule has 2 N–H and O–H groups in total. The second kappa shape index (κ2) is 7.16. The molecule has 0 unspecified atom stereocenters. The normalized spacial score (nSPS) is 16.1. The molecule has 1 aromatic carbocycles. The highest BCUT2D eigenvalue weighted by molar-refractivity contribution is 5.95. The van der Waals surface area contributed by atoms with Crippen LogP contribution in [0.25, 0.3) is 10.9 Å². The molecule has 1 aromatic heterocycles. The SMILES string of the molecule is Cc1nc2ccc(F)cc2c(NC2CCCCCC2)c1CC(=O)O. The molecule has 0 saturated heterocycles. The number of pyridine rings is 1. The van der Waals surface area contributed by atoms with Crippen molar-refractivity contribution in [2.45, 2.75) is 57.9 Å². The molecule has 1 aliphatic rings. The maximum Gasteiger partial charge on any atom is 0.307 e. The summed E-state index contributed by atoms with van der Waals surface area (Å²) in [6.45, 7) is 1.82. The molecule has 1 fully saturated rings. The summed E-state index contributed by atoms with van der Waals surface area (Å²) in [4.78, 5) is 15.8. The molecule has 1 heterocycles. The number of aromatic nitrogens is 1. The molecular weight excluding hydrogens is 307 g/mol. The van der Waals surface area contributed by atoms with Crippen LogP contribution >= 0.6 is 0 Å². The van der Waals surface area contributed by atoms with E-state index in [2.05, 4.69) is 10.3 Å². The summed E-state index contributed by atoms with van der Waals surface area (Å²) in [5, 5.41) is 13.5. The minimum absolute atomic E-state index is 0.111. The number of nitrogens with one attached hydrogen (secondary N) is 1. The van der Waals surface area contributed by atoms with Gasteiger partial charge in [-0.05, 0) is 38.0 Å². The van der Waals surface area contributed by atoms with Crippen molar-refractivity contribution in [3.63, 3.8) is 0 Å². The summed E-state index contributed by atoms with van der Waals surface area (Å²) in [5.74, 6) is -1.24. The summed E-state index contributed by atoms with van der Waals surface area (Å²) in [6.07, 6.45) is 6.83. The molecule has 0 atom stereocenters. The summed E-state index contributed by atoms with van der Waals surface area (Å²) in [7, 11) is 0. The number of hydrogen-bond donors (Lipinski definition) is 2. The molecule has 128 valence electrons. The highest BCUT2D eigenvalue weighted by Crippen LogP contribution is 2.32. The number of rotatable bonds is 4. The van der Waals surface area contributed by atoms with Crippen LogP contribution in [-0.2, 0) is 11.2 Å². The van der Waals surface area contributed by atoms with Crippen molar-refractivity contribution in [3.05, 3.63) is 35.3 Å². The van der Waals surface area contributed by atoms with Crippen LogP contribution in [-0.4, -0.2) is 22.1 Å². The minimum Gasteiger partial charge on any atom is -0.481 e. The lowest BCUT2D eigenvalue weighted by Crippen LogP contribution is -2.21. The van der Waals surface area contributed by atoms with Gasteiger partial charge in [0.2, 0.25) is 0 Å². The third-order valence-electron chi connectivity index (χ3n) is 4.79. The molecule has 0 spiro atoms. The number of anilines is 1. The fraction of sp³-hybridized carbons (Fsp3) is 0.474. The Kier molecular flexibility index (Phi) is 4.97. The Labute approximate surface area is 141 Å². The van der Waals surface area contributed by atoms with E-state index in [0.717, 1.165) is 18.5 Å². The molecule has 0 bridgehead atoms. The summed E-state index contributed by atoms with van der Waals surface area (Å²) in [6, 6.07) is 4.79. The molecule has 5 heteroatoms. The van der Waals surface area contributed by atoms with Crippen LogP contribution in [0.1, 0.15) is 49.8 Å². The lowest BCUT2D eigenvalue weighted by molar-refractivity contribution is -0.136. The average Bonchev–Trinajstić information content (AvgIpc) is 2.80. The standard InChI is InChI=1S/C19H23FN2O2/c1-12-15(11-18(23)24)19(22-14-6-4-2-3-5-7-14)16-10-13(20)8-9-17(16)21-12/h8-10,14H,2-7,11H2,1H3,(H,21,22)(H,23,24). The first-order valence-corrected chi connectivity index (χ1v) is 8.61. The van der Waals surface area contributed by atoms with Crippen molar-refractivity contribution in [1.82, 2.24) is 4.98 Å². The monoisotopic (exact) mass is 330 g/mol. The zero-order valence-electron chi connectivity index (χ0n) is 13.9. The van der Waals surface area contributed by atoms with E-state index in [4.69, 9.17) is 0 Å². The van der Waals surface area contributed by atoms with Gasteiger partial charge in [-0.25, -0.2) is 4.39 Å². The third-order valence-corrected chi connectivity index (χ3v) is 4.79. The predicted molar refractivity (Wildman–Crippen MR) is 92.9 cm³/mol. The molecule has 2 aromatic rings. The molecule has 1 aliphatic carbocycles. The molecule has 0 radical (unpaired) electrons. The van der Waals surface area contributed by atoms with Crippen molar-refractivity contribution >= 4 is 22.6 Å². The number of benzene rings is 1. The number of hydrogen-bond acceptors (Lipinski definition) is 3. The maximum atomic E-state index is 13.8. The first-order valence-electron chi connectivity index (χ1n) is 8.61. The summed E-state index contributed by atoms with van der Waals surface area (Å²) >= 11 is 0. The molecule has 24 heavy (non-hydrogen) atoms. The number of carbonyl (C=O) groups is 1. The van der Waals surface area contributed by atoms with Gasteiger partial charge in [-0.2, -0.15) is 0 Å². The van der Waals surface area contributed by atoms with Gasteiger partial charge in [0.15, 0.2) is 0 Å². The topological polar surface area (TPSA) is 62.2 Å². The van der Waals surface area contributed by atoms with Gasteiger partial charge >= 0.3 is 5.97 Å². The quantitative estimate of drug-likeness (QED) is 0.813. The zero-order chi connectivity index (χ0) is 17.1. The van der Waals surface area contributed by atoms with Crippen molar-refractivity contribution in [2.24, 2.45) is 0 Å². The second-order valence-electron chi connectivity index (χ2n) is 6.62. The van der Waals surface area contributed by atoms with Crippen molar-refractivity contribution in [1.29, 1.82) is 0 Å². The number of carboxylic acid groups (broad SMARTS) is 1. The first-order chi connectivity index (χ1) is 11.5. The third kappa shape index (κ3) is 3.66. The summed E-state index contributed by atoms with van der Waals surface area (Å²) in [5.41, 5.74) is 2.78. The molecule has 1 saturated carbocycles.